The number of nitrogens with one attached hydrogen (secondary N) is 2. The van der Waals surface area contributed by atoms with Crippen LogP contribution in [0.5, 0.6) is 0 Å². The molecule has 4 rings (SSSR count). The number of halogens is 2. The Morgan fingerprint density at radius 3 is 2.81 bits per heavy atom. The van der Waals surface area contributed by atoms with E-state index >= 15 is 0 Å². The van der Waals surface area contributed by atoms with E-state index in [4.69, 9.17) is 11.6 Å². The van der Waals surface area contributed by atoms with Gasteiger partial charge in [-0.3, -0.25) is 9.50 Å². The van der Waals surface area contributed by atoms with Crippen LogP contribution in [-0.2, 0) is 0 Å². The van der Waals surface area contributed by atoms with Crippen LogP contribution in [0.1, 0.15) is 0 Å². The molecule has 4 aromatic rings. The van der Waals surface area contributed by atoms with Gasteiger partial charge in [0.1, 0.15) is 11.5 Å². The predicted octanol–water partition coefficient (Wildman–Crippen LogP) is 3.77. The van der Waals surface area contributed by atoms with E-state index in [2.05, 4.69) is 41.4 Å². The Labute approximate surface area is 132 Å². The van der Waals surface area contributed by atoms with Crippen molar-refractivity contribution in [3.63, 3.8) is 0 Å². The first-order valence-corrected chi connectivity index (χ1v) is 7.28. The maximum absolute atomic E-state index is 6.29. The molecule has 0 unspecified atom stereocenters. The molecular weight excluding hydrogens is 356 g/mol. The van der Waals surface area contributed by atoms with E-state index in [1.165, 1.54) is 0 Å². The number of rotatable bonds is 2. The van der Waals surface area contributed by atoms with Crippen molar-refractivity contribution < 1.29 is 0 Å². The normalized spacial score (nSPS) is 11.3. The summed E-state index contributed by atoms with van der Waals surface area (Å²) in [4.78, 5) is 8.80. The molecule has 0 aliphatic rings. The van der Waals surface area contributed by atoms with E-state index < -0.39 is 0 Å². The lowest BCUT2D eigenvalue weighted by Crippen LogP contribution is -2.01. The van der Waals surface area contributed by atoms with Crippen LogP contribution < -0.4 is 5.32 Å². The van der Waals surface area contributed by atoms with Gasteiger partial charge in [-0.05, 0) is 28.1 Å². The molecule has 104 valence electrons. The van der Waals surface area contributed by atoms with E-state index in [-0.39, 0.29) is 0 Å². The molecule has 0 aliphatic heterocycles. The Bertz CT molecular complexity index is 946. The zero-order valence-corrected chi connectivity index (χ0v) is 12.9. The molecule has 0 saturated heterocycles. The minimum atomic E-state index is 0.627. The van der Waals surface area contributed by atoms with Crippen molar-refractivity contribution in [1.29, 1.82) is 0 Å². The van der Waals surface area contributed by atoms with Gasteiger partial charge >= 0.3 is 0 Å². The fourth-order valence-corrected chi connectivity index (χ4v) is 3.32. The highest BCUT2D eigenvalue weighted by Crippen LogP contribution is 2.36. The quantitative estimate of drug-likeness (QED) is 0.569. The molecule has 8 heteroatoms. The van der Waals surface area contributed by atoms with Gasteiger partial charge < -0.3 is 5.32 Å². The fourth-order valence-electron chi connectivity index (χ4n) is 2.27. The van der Waals surface area contributed by atoms with Crippen molar-refractivity contribution in [2.24, 2.45) is 0 Å². The third-order valence-electron chi connectivity index (χ3n) is 3.17. The molecule has 0 saturated carbocycles. The number of nitrogens with zero attached hydrogens (tertiary/aromatic N) is 4. The van der Waals surface area contributed by atoms with Gasteiger partial charge in [0.15, 0.2) is 0 Å². The first-order valence-electron chi connectivity index (χ1n) is 6.11. The second-order valence-corrected chi connectivity index (χ2v) is 5.59. The van der Waals surface area contributed by atoms with Crippen molar-refractivity contribution in [1.82, 2.24) is 24.6 Å². The SMILES string of the molecule is Clc1ccnc2c1c(Br)c1ccnc(Nc3ccn[nH]3)n12. The van der Waals surface area contributed by atoms with Crippen LogP contribution in [0.15, 0.2) is 41.3 Å². The highest BCUT2D eigenvalue weighted by Gasteiger charge is 2.16. The van der Waals surface area contributed by atoms with Crippen molar-refractivity contribution in [2.75, 3.05) is 5.32 Å². The number of pyridine rings is 1. The summed E-state index contributed by atoms with van der Waals surface area (Å²) >= 11 is 9.88. The number of hydrogen-bond acceptors (Lipinski definition) is 4. The zero-order chi connectivity index (χ0) is 14.4. The van der Waals surface area contributed by atoms with Gasteiger partial charge in [-0.1, -0.05) is 11.6 Å². The topological polar surface area (TPSA) is 70.9 Å². The van der Waals surface area contributed by atoms with E-state index in [1.807, 2.05) is 16.5 Å². The summed E-state index contributed by atoms with van der Waals surface area (Å²) < 4.78 is 2.80. The average Bonchev–Trinajstić information content (AvgIpc) is 3.08. The number of aromatic amines is 1. The van der Waals surface area contributed by atoms with Gasteiger partial charge in [0.2, 0.25) is 5.95 Å². The van der Waals surface area contributed by atoms with E-state index in [0.717, 1.165) is 26.8 Å². The van der Waals surface area contributed by atoms with Crippen molar-refractivity contribution in [3.05, 3.63) is 46.3 Å². The molecule has 0 atom stereocenters. The monoisotopic (exact) mass is 362 g/mol. The average molecular weight is 364 g/mol. The molecule has 0 spiro atoms. The van der Waals surface area contributed by atoms with E-state index in [9.17, 15) is 0 Å². The third-order valence-corrected chi connectivity index (χ3v) is 4.28. The minimum absolute atomic E-state index is 0.627. The first-order chi connectivity index (χ1) is 10.3. The van der Waals surface area contributed by atoms with Crippen molar-refractivity contribution in [3.8, 4) is 0 Å². The second kappa shape index (κ2) is 4.71. The molecule has 0 aliphatic carbocycles. The van der Waals surface area contributed by atoms with Crippen LogP contribution in [0.4, 0.5) is 11.8 Å². The summed E-state index contributed by atoms with van der Waals surface area (Å²) in [6.45, 7) is 0. The number of hydrogen-bond donors (Lipinski definition) is 2. The Morgan fingerprint density at radius 2 is 2.00 bits per heavy atom. The molecule has 0 amide bonds. The van der Waals surface area contributed by atoms with Crippen LogP contribution in [0.3, 0.4) is 0 Å². The Kier molecular flexibility index (Phi) is 2.83. The van der Waals surface area contributed by atoms with Gasteiger partial charge in [-0.2, -0.15) is 5.10 Å². The molecule has 0 fully saturated rings. The van der Waals surface area contributed by atoms with Crippen LogP contribution in [-0.4, -0.2) is 24.6 Å². The van der Waals surface area contributed by atoms with Gasteiger partial charge in [0, 0.05) is 18.5 Å². The number of H-pyrrole nitrogens is 1. The molecule has 0 aromatic carbocycles. The van der Waals surface area contributed by atoms with Gasteiger partial charge in [0.05, 0.1) is 26.6 Å². The Morgan fingerprint density at radius 1 is 1.14 bits per heavy atom. The molecule has 21 heavy (non-hydrogen) atoms. The molecular formula is C13H8BrClN6. The summed E-state index contributed by atoms with van der Waals surface area (Å²) in [6, 6.07) is 5.49. The molecule has 0 bridgehead atoms. The maximum atomic E-state index is 6.29. The summed E-state index contributed by atoms with van der Waals surface area (Å²) in [5, 5.41) is 11.4. The van der Waals surface area contributed by atoms with Crippen LogP contribution in [0.2, 0.25) is 5.02 Å². The first kappa shape index (κ1) is 12.6. The smallest absolute Gasteiger partial charge is 0.214 e. The fraction of sp³-hybridized carbons (Fsp3) is 0. The van der Waals surface area contributed by atoms with Crippen molar-refractivity contribution >= 4 is 55.8 Å². The lowest BCUT2D eigenvalue weighted by Gasteiger charge is -2.06. The zero-order valence-electron chi connectivity index (χ0n) is 10.5. The molecule has 6 nitrogen and oxygen atoms in total. The van der Waals surface area contributed by atoms with Crippen molar-refractivity contribution in [2.45, 2.75) is 0 Å². The standard InChI is InChI=1S/C13H8BrClN6/c14-11-8-2-5-17-13(19-9-3-6-18-20-9)21(8)12-10(11)7(15)1-4-16-12/h1-6H,(H2,17,18,19,20). The van der Waals surface area contributed by atoms with E-state index in [1.54, 1.807) is 24.7 Å². The van der Waals surface area contributed by atoms with Crippen LogP contribution in [0, 0.1) is 0 Å². The van der Waals surface area contributed by atoms with Gasteiger partial charge in [0.25, 0.3) is 0 Å². The summed E-state index contributed by atoms with van der Waals surface area (Å²) in [7, 11) is 0. The lowest BCUT2D eigenvalue weighted by atomic mass is 10.3. The van der Waals surface area contributed by atoms with E-state index in [0.29, 0.717) is 11.0 Å². The maximum Gasteiger partial charge on any atom is 0.214 e. The highest BCUT2D eigenvalue weighted by molar-refractivity contribution is 9.10. The Hall–Kier alpha value is -2.12. The highest BCUT2D eigenvalue weighted by atomic mass is 79.9. The molecule has 4 aromatic heterocycles. The van der Waals surface area contributed by atoms with Gasteiger partial charge in [-0.25, -0.2) is 9.97 Å². The lowest BCUT2D eigenvalue weighted by molar-refractivity contribution is 1.06. The Balaban J connectivity index is 2.06. The largest absolute Gasteiger partial charge is 0.310 e. The number of fused-ring (bicyclic) bond motifs is 3. The van der Waals surface area contributed by atoms with Gasteiger partial charge in [-0.15, -0.1) is 0 Å². The molecule has 4 heterocycles. The van der Waals surface area contributed by atoms with Crippen LogP contribution in [0.25, 0.3) is 16.6 Å². The number of aromatic nitrogens is 5. The summed E-state index contributed by atoms with van der Waals surface area (Å²) in [6.07, 6.45) is 5.07. The third kappa shape index (κ3) is 1.89. The summed E-state index contributed by atoms with van der Waals surface area (Å²) in [5.41, 5.74) is 1.67. The van der Waals surface area contributed by atoms with Crippen LogP contribution >= 0.6 is 27.5 Å². The second-order valence-electron chi connectivity index (χ2n) is 4.39. The molecule has 2 N–H and O–H groups in total. The minimum Gasteiger partial charge on any atom is -0.310 e. The summed E-state index contributed by atoms with van der Waals surface area (Å²) in [5.74, 6) is 1.37. The number of anilines is 2. The molecule has 0 radical (unpaired) electrons. The predicted molar refractivity (Wildman–Crippen MR) is 85.1 cm³/mol.